The number of benzene rings is 2. The third-order valence-electron chi connectivity index (χ3n) is 5.87. The number of carbonyl (C=O) groups is 1. The Hall–Kier alpha value is -3.79. The molecule has 1 aromatic heterocycles. The number of piperidine rings is 1. The first-order valence-corrected chi connectivity index (χ1v) is 11.0. The van der Waals surface area contributed by atoms with Crippen LogP contribution in [0.15, 0.2) is 36.4 Å². The fourth-order valence-electron chi connectivity index (χ4n) is 3.98. The molecule has 1 aliphatic heterocycles. The molecule has 0 spiro atoms. The molecule has 34 heavy (non-hydrogen) atoms. The smallest absolute Gasteiger partial charge is 0.320 e. The molecule has 4 rings (SSSR count). The first kappa shape index (κ1) is 23.4. The Morgan fingerprint density at radius 3 is 2.38 bits per heavy atom. The molecule has 10 heteroatoms. The van der Waals surface area contributed by atoms with Crippen molar-refractivity contribution < 1.29 is 24.1 Å². The molecule has 2 amide bonds. The van der Waals surface area contributed by atoms with Crippen molar-refractivity contribution in [1.82, 2.24) is 20.2 Å². The molecule has 0 bridgehead atoms. The zero-order valence-electron chi connectivity index (χ0n) is 19.5. The topological polar surface area (TPSA) is 118 Å². The van der Waals surface area contributed by atoms with E-state index in [4.69, 9.17) is 14.2 Å². The fraction of sp³-hybridized carbons (Fsp3) is 0.375. The lowest BCUT2D eigenvalue weighted by Gasteiger charge is -2.32. The summed E-state index contributed by atoms with van der Waals surface area (Å²) in [6, 6.07) is 10.3. The number of amides is 2. The summed E-state index contributed by atoms with van der Waals surface area (Å²) in [5.41, 5.74) is 2.08. The van der Waals surface area contributed by atoms with Crippen LogP contribution in [0, 0.1) is 0 Å². The van der Waals surface area contributed by atoms with E-state index >= 15 is 0 Å². The van der Waals surface area contributed by atoms with E-state index in [2.05, 4.69) is 25.5 Å². The number of methoxy groups -OCH3 is 3. The minimum Gasteiger partial charge on any atom is -0.507 e. The van der Waals surface area contributed by atoms with Crippen LogP contribution >= 0.6 is 0 Å². The first-order valence-electron chi connectivity index (χ1n) is 11.0. The summed E-state index contributed by atoms with van der Waals surface area (Å²) in [4.78, 5) is 23.8. The van der Waals surface area contributed by atoms with Gasteiger partial charge in [0.05, 0.1) is 32.4 Å². The molecule has 0 atom stereocenters. The number of ether oxygens (including phenoxy) is 3. The highest BCUT2D eigenvalue weighted by molar-refractivity contribution is 5.91. The Kier molecular flexibility index (Phi) is 7.17. The van der Waals surface area contributed by atoms with Gasteiger partial charge in [-0.3, -0.25) is 10.2 Å². The number of aromatic hydroxyl groups is 1. The van der Waals surface area contributed by atoms with Crippen LogP contribution in [0.3, 0.4) is 0 Å². The third-order valence-corrected chi connectivity index (χ3v) is 5.87. The zero-order valence-corrected chi connectivity index (χ0v) is 19.5. The van der Waals surface area contributed by atoms with Gasteiger partial charge in [-0.15, -0.1) is 0 Å². The lowest BCUT2D eigenvalue weighted by Crippen LogP contribution is -2.45. The molecule has 0 saturated carbocycles. The maximum Gasteiger partial charge on any atom is 0.320 e. The SMILES string of the molecule is COc1ccc(CN2CCC(NC(=O)Nc3nc4cc(OC)ccc4nc3OC)CC2)c(O)c1. The Morgan fingerprint density at radius 2 is 1.71 bits per heavy atom. The van der Waals surface area contributed by atoms with E-state index < -0.39 is 0 Å². The van der Waals surface area contributed by atoms with Gasteiger partial charge in [0, 0.05) is 43.4 Å². The van der Waals surface area contributed by atoms with Crippen molar-refractivity contribution in [3.63, 3.8) is 0 Å². The highest BCUT2D eigenvalue weighted by atomic mass is 16.5. The molecule has 2 aromatic carbocycles. The second kappa shape index (κ2) is 10.4. The summed E-state index contributed by atoms with van der Waals surface area (Å²) in [5.74, 6) is 1.98. The second-order valence-corrected chi connectivity index (χ2v) is 8.08. The summed E-state index contributed by atoms with van der Waals surface area (Å²) in [7, 11) is 4.64. The van der Waals surface area contributed by atoms with E-state index in [0.29, 0.717) is 29.1 Å². The highest BCUT2D eigenvalue weighted by Gasteiger charge is 2.22. The number of nitrogens with zero attached hydrogens (tertiary/aromatic N) is 3. The molecule has 1 fully saturated rings. The molecule has 10 nitrogen and oxygen atoms in total. The van der Waals surface area contributed by atoms with Gasteiger partial charge in [-0.1, -0.05) is 6.07 Å². The van der Waals surface area contributed by atoms with Gasteiger partial charge in [0.25, 0.3) is 5.88 Å². The van der Waals surface area contributed by atoms with Gasteiger partial charge in [0.2, 0.25) is 0 Å². The van der Waals surface area contributed by atoms with Crippen LogP contribution in [-0.4, -0.2) is 66.5 Å². The van der Waals surface area contributed by atoms with Crippen LogP contribution in [0.1, 0.15) is 18.4 Å². The predicted octanol–water partition coefficient (Wildman–Crippen LogP) is 3.15. The molecule has 180 valence electrons. The maximum absolute atomic E-state index is 12.7. The fourth-order valence-corrected chi connectivity index (χ4v) is 3.98. The molecule has 2 heterocycles. The molecular weight excluding hydrogens is 438 g/mol. The van der Waals surface area contributed by atoms with Crippen molar-refractivity contribution in [2.45, 2.75) is 25.4 Å². The molecule has 1 aliphatic rings. The number of hydrogen-bond donors (Lipinski definition) is 3. The molecule has 3 aromatic rings. The molecule has 1 saturated heterocycles. The van der Waals surface area contributed by atoms with Gasteiger partial charge in [0.15, 0.2) is 5.82 Å². The average Bonchev–Trinajstić information content (AvgIpc) is 2.85. The monoisotopic (exact) mass is 467 g/mol. The Labute approximate surface area is 197 Å². The van der Waals surface area contributed by atoms with Crippen LogP contribution in [0.25, 0.3) is 11.0 Å². The predicted molar refractivity (Wildman–Crippen MR) is 128 cm³/mol. The summed E-state index contributed by atoms with van der Waals surface area (Å²) in [6.45, 7) is 2.24. The van der Waals surface area contributed by atoms with E-state index in [1.807, 2.05) is 12.1 Å². The second-order valence-electron chi connectivity index (χ2n) is 8.08. The van der Waals surface area contributed by atoms with Crippen molar-refractivity contribution in [3.8, 4) is 23.1 Å². The van der Waals surface area contributed by atoms with Crippen molar-refractivity contribution in [2.24, 2.45) is 0 Å². The molecule has 0 unspecified atom stereocenters. The Morgan fingerprint density at radius 1 is 1.00 bits per heavy atom. The summed E-state index contributed by atoms with van der Waals surface area (Å²) in [5, 5.41) is 16.0. The number of hydrogen-bond acceptors (Lipinski definition) is 8. The minimum atomic E-state index is -0.360. The number of urea groups is 1. The number of likely N-dealkylation sites (tertiary alicyclic amines) is 1. The minimum absolute atomic E-state index is 0.0280. The van der Waals surface area contributed by atoms with Crippen molar-refractivity contribution >= 4 is 22.9 Å². The van der Waals surface area contributed by atoms with Crippen LogP contribution in [0.5, 0.6) is 23.1 Å². The van der Waals surface area contributed by atoms with Crippen molar-refractivity contribution in [3.05, 3.63) is 42.0 Å². The van der Waals surface area contributed by atoms with Crippen LogP contribution in [-0.2, 0) is 6.54 Å². The summed E-state index contributed by atoms with van der Waals surface area (Å²) >= 11 is 0. The zero-order chi connectivity index (χ0) is 24.1. The van der Waals surface area contributed by atoms with Crippen molar-refractivity contribution in [1.29, 1.82) is 0 Å². The lowest BCUT2D eigenvalue weighted by atomic mass is 10.0. The molecule has 3 N–H and O–H groups in total. The Balaban J connectivity index is 1.33. The van der Waals surface area contributed by atoms with Crippen molar-refractivity contribution in [2.75, 3.05) is 39.7 Å². The average molecular weight is 468 g/mol. The summed E-state index contributed by atoms with van der Waals surface area (Å²) in [6.07, 6.45) is 1.59. The summed E-state index contributed by atoms with van der Waals surface area (Å²) < 4.78 is 15.7. The third kappa shape index (κ3) is 5.40. The number of rotatable bonds is 7. The van der Waals surface area contributed by atoms with Crippen LogP contribution in [0.2, 0.25) is 0 Å². The van der Waals surface area contributed by atoms with Gasteiger partial charge in [-0.2, -0.15) is 0 Å². The molecular formula is C24H29N5O5. The van der Waals surface area contributed by atoms with E-state index in [9.17, 15) is 9.90 Å². The Bertz CT molecular complexity index is 1160. The number of nitrogens with one attached hydrogen (secondary N) is 2. The molecule has 0 radical (unpaired) electrons. The highest BCUT2D eigenvalue weighted by Crippen LogP contribution is 2.27. The van der Waals surface area contributed by atoms with Crippen LogP contribution < -0.4 is 24.8 Å². The van der Waals surface area contributed by atoms with Gasteiger partial charge in [0.1, 0.15) is 17.2 Å². The first-order chi connectivity index (χ1) is 16.5. The molecule has 0 aliphatic carbocycles. The van der Waals surface area contributed by atoms with Gasteiger partial charge in [-0.05, 0) is 31.0 Å². The number of phenols is 1. The van der Waals surface area contributed by atoms with E-state index in [1.165, 1.54) is 7.11 Å². The number of fused-ring (bicyclic) bond motifs is 1. The largest absolute Gasteiger partial charge is 0.507 e. The number of aromatic nitrogens is 2. The number of phenolic OH excluding ortho intramolecular Hbond substituents is 1. The van der Waals surface area contributed by atoms with Gasteiger partial charge in [-0.25, -0.2) is 14.8 Å². The maximum atomic E-state index is 12.7. The number of carbonyl (C=O) groups excluding carboxylic acids is 1. The van der Waals surface area contributed by atoms with Crippen LogP contribution in [0.4, 0.5) is 10.6 Å². The van der Waals surface area contributed by atoms with E-state index in [-0.39, 0.29) is 29.5 Å². The normalized spacial score (nSPS) is 14.6. The van der Waals surface area contributed by atoms with E-state index in [1.54, 1.807) is 38.5 Å². The van der Waals surface area contributed by atoms with Gasteiger partial charge < -0.3 is 24.6 Å². The number of anilines is 1. The quantitative estimate of drug-likeness (QED) is 0.485. The van der Waals surface area contributed by atoms with E-state index in [0.717, 1.165) is 31.5 Å². The standard InChI is InChI=1S/C24H29N5O5/c1-32-17-6-7-19-20(12-17)26-22(23(27-19)34-3)28-24(31)25-16-8-10-29(11-9-16)14-15-4-5-18(33-2)13-21(15)30/h4-7,12-13,16,30H,8-11,14H2,1-3H3,(H2,25,26,28,31). The van der Waals surface area contributed by atoms with Gasteiger partial charge >= 0.3 is 6.03 Å². The lowest BCUT2D eigenvalue weighted by molar-refractivity contribution is 0.188.